The number of nitrogens with zero attached hydrogens (tertiary/aromatic N) is 1. The summed E-state index contributed by atoms with van der Waals surface area (Å²) in [6.07, 6.45) is 6.87. The van der Waals surface area contributed by atoms with Gasteiger partial charge in [-0.15, -0.1) is 11.8 Å². The largest absolute Gasteiger partial charge is 0.333 e. The summed E-state index contributed by atoms with van der Waals surface area (Å²) in [4.78, 5) is 4.25. The van der Waals surface area contributed by atoms with E-state index in [1.807, 2.05) is 0 Å². The first-order chi connectivity index (χ1) is 8.95. The number of rotatable bonds is 0. The fourth-order valence-corrected chi connectivity index (χ4v) is 2.68. The molecule has 2 bridgehead atoms. The summed E-state index contributed by atoms with van der Waals surface area (Å²) in [5, 5.41) is 0. The predicted octanol–water partition coefficient (Wildman–Crippen LogP) is 0.548. The molecule has 2 heteroatoms. The summed E-state index contributed by atoms with van der Waals surface area (Å²) in [6, 6.07) is 0. The molecule has 0 fully saturated rings. The molecule has 2 aliphatic rings. The Morgan fingerprint density at radius 2 is 1.22 bits per heavy atom. The van der Waals surface area contributed by atoms with Crippen LogP contribution in [-0.2, 0) is 0 Å². The molecule has 18 heavy (non-hydrogen) atoms. The maximum atomic E-state index is 3.34. The molecule has 0 saturated carbocycles. The van der Waals surface area contributed by atoms with Crippen LogP contribution in [0.5, 0.6) is 0 Å². The number of fused-ring (bicyclic) bond motifs is 5. The van der Waals surface area contributed by atoms with Crippen molar-refractivity contribution in [3.8, 4) is 23.7 Å². The van der Waals surface area contributed by atoms with Crippen molar-refractivity contribution in [3.63, 3.8) is 0 Å². The molecule has 2 rings (SSSR count). The molecule has 0 atom stereocenters. The highest BCUT2D eigenvalue weighted by atomic mass is 15.1. The molecule has 0 radical (unpaired) electrons. The molecule has 0 aromatic rings. The van der Waals surface area contributed by atoms with Gasteiger partial charge in [0.2, 0.25) is 0 Å². The Morgan fingerprint density at radius 1 is 0.611 bits per heavy atom. The zero-order chi connectivity index (χ0) is 12.5. The summed E-state index contributed by atoms with van der Waals surface area (Å²) >= 11 is 0. The second-order valence-electron chi connectivity index (χ2n) is 5.26. The van der Waals surface area contributed by atoms with Gasteiger partial charge >= 0.3 is 0 Å². The van der Waals surface area contributed by atoms with Crippen molar-refractivity contribution in [2.45, 2.75) is 38.5 Å². The molecule has 1 N–H and O–H groups in total. The van der Waals surface area contributed by atoms with Crippen LogP contribution in [0.3, 0.4) is 0 Å². The smallest absolute Gasteiger partial charge is 0.0882 e. The van der Waals surface area contributed by atoms with Crippen LogP contribution in [0.25, 0.3) is 0 Å². The van der Waals surface area contributed by atoms with Gasteiger partial charge in [0.05, 0.1) is 32.5 Å². The van der Waals surface area contributed by atoms with Crippen LogP contribution < -0.4 is 4.90 Å². The van der Waals surface area contributed by atoms with E-state index in [1.54, 1.807) is 4.90 Å². The maximum absolute atomic E-state index is 3.34. The average Bonchev–Trinajstić information content (AvgIpc) is 2.36. The van der Waals surface area contributed by atoms with Crippen molar-refractivity contribution < 1.29 is 4.90 Å². The third-order valence-electron chi connectivity index (χ3n) is 3.82. The third-order valence-corrected chi connectivity index (χ3v) is 3.82. The first kappa shape index (κ1) is 13.5. The van der Waals surface area contributed by atoms with Gasteiger partial charge in [0.15, 0.2) is 0 Å². The molecule has 0 saturated heterocycles. The molecule has 0 spiro atoms. The molecule has 0 aliphatic carbocycles. The van der Waals surface area contributed by atoms with Crippen LogP contribution in [0.4, 0.5) is 0 Å². The maximum Gasteiger partial charge on any atom is 0.0882 e. The van der Waals surface area contributed by atoms with Crippen LogP contribution in [0.1, 0.15) is 38.5 Å². The monoisotopic (exact) mass is 245 g/mol. The normalized spacial score (nSPS) is 29.8. The topological polar surface area (TPSA) is 7.68 Å². The molecule has 98 valence electrons. The molecule has 2 heterocycles. The Morgan fingerprint density at radius 3 is 1.89 bits per heavy atom. The van der Waals surface area contributed by atoms with Crippen molar-refractivity contribution in [1.29, 1.82) is 0 Å². The highest BCUT2D eigenvalue weighted by Crippen LogP contribution is 1.99. The van der Waals surface area contributed by atoms with Gasteiger partial charge < -0.3 is 9.80 Å². The lowest BCUT2D eigenvalue weighted by Gasteiger charge is -2.22. The van der Waals surface area contributed by atoms with Crippen LogP contribution in [-0.4, -0.2) is 44.2 Å². The molecular formula is C16H25N2+. The number of nitrogens with one attached hydrogen (secondary N) is 1. The lowest BCUT2D eigenvalue weighted by Crippen LogP contribution is -3.12. The van der Waals surface area contributed by atoms with E-state index in [1.165, 1.54) is 39.0 Å². The van der Waals surface area contributed by atoms with Gasteiger partial charge in [0, 0.05) is 25.9 Å². The summed E-state index contributed by atoms with van der Waals surface area (Å²) in [7, 11) is 0. The minimum absolute atomic E-state index is 1.03. The standard InChI is InChI=1S/C16H24N2/c1-2-6-12-18-14-8-4-3-7-13-17(11-5-1)15-9-10-16-18/h5-16H2/p+1. The zero-order valence-electron chi connectivity index (χ0n) is 11.4. The SMILES string of the molecule is C1#CCC[NH+]2CCC#CCCN(CC1)CCCC2. The third kappa shape index (κ3) is 5.13. The molecule has 0 aromatic carbocycles. The van der Waals surface area contributed by atoms with Gasteiger partial charge in [-0.1, -0.05) is 11.8 Å². The second kappa shape index (κ2) is 8.20. The van der Waals surface area contributed by atoms with Crippen molar-refractivity contribution in [3.05, 3.63) is 0 Å². The lowest BCUT2D eigenvalue weighted by atomic mass is 10.2. The molecule has 0 amide bonds. The van der Waals surface area contributed by atoms with E-state index in [0.29, 0.717) is 0 Å². The predicted molar refractivity (Wildman–Crippen MR) is 75.3 cm³/mol. The Kier molecular flexibility index (Phi) is 6.13. The van der Waals surface area contributed by atoms with Crippen molar-refractivity contribution in [2.75, 3.05) is 39.3 Å². The molecule has 0 unspecified atom stereocenters. The van der Waals surface area contributed by atoms with Gasteiger partial charge in [0.1, 0.15) is 0 Å². The van der Waals surface area contributed by atoms with Crippen molar-refractivity contribution in [2.24, 2.45) is 0 Å². The summed E-state index contributed by atoms with van der Waals surface area (Å²) in [5.74, 6) is 13.3. The molecular weight excluding hydrogens is 220 g/mol. The summed E-state index contributed by atoms with van der Waals surface area (Å²) in [6.45, 7) is 7.21. The first-order valence-electron chi connectivity index (χ1n) is 7.42. The van der Waals surface area contributed by atoms with Crippen LogP contribution in [0.2, 0.25) is 0 Å². The van der Waals surface area contributed by atoms with E-state index in [-0.39, 0.29) is 0 Å². The Balaban J connectivity index is 2.03. The van der Waals surface area contributed by atoms with E-state index in [4.69, 9.17) is 0 Å². The van der Waals surface area contributed by atoms with E-state index in [2.05, 4.69) is 28.6 Å². The number of hydrogen-bond donors (Lipinski definition) is 1. The minimum atomic E-state index is 1.03. The average molecular weight is 245 g/mol. The lowest BCUT2D eigenvalue weighted by molar-refractivity contribution is -0.899. The Hall–Kier alpha value is -0.960. The number of quaternary nitrogens is 1. The molecule has 2 nitrogen and oxygen atoms in total. The van der Waals surface area contributed by atoms with E-state index in [9.17, 15) is 0 Å². The van der Waals surface area contributed by atoms with Gasteiger partial charge in [-0.25, -0.2) is 0 Å². The Labute approximate surface area is 112 Å². The van der Waals surface area contributed by atoms with Crippen LogP contribution in [0, 0.1) is 23.7 Å². The summed E-state index contributed by atoms with van der Waals surface area (Å²) < 4.78 is 0. The highest BCUT2D eigenvalue weighted by Gasteiger charge is 2.09. The molecule has 0 aromatic heterocycles. The van der Waals surface area contributed by atoms with Gasteiger partial charge in [0.25, 0.3) is 0 Å². The van der Waals surface area contributed by atoms with Crippen molar-refractivity contribution in [1.82, 2.24) is 4.90 Å². The molecule has 2 aliphatic heterocycles. The van der Waals surface area contributed by atoms with Gasteiger partial charge in [-0.05, 0) is 19.4 Å². The van der Waals surface area contributed by atoms with Gasteiger partial charge in [-0.3, -0.25) is 0 Å². The zero-order valence-corrected chi connectivity index (χ0v) is 11.4. The van der Waals surface area contributed by atoms with E-state index >= 15 is 0 Å². The van der Waals surface area contributed by atoms with E-state index < -0.39 is 0 Å². The van der Waals surface area contributed by atoms with Crippen LogP contribution in [0.15, 0.2) is 0 Å². The first-order valence-corrected chi connectivity index (χ1v) is 7.42. The highest BCUT2D eigenvalue weighted by molar-refractivity contribution is 5.01. The van der Waals surface area contributed by atoms with Gasteiger partial charge in [-0.2, -0.15) is 0 Å². The number of hydrogen-bond acceptors (Lipinski definition) is 1. The second-order valence-corrected chi connectivity index (χ2v) is 5.26. The summed E-state index contributed by atoms with van der Waals surface area (Å²) in [5.41, 5.74) is 0. The van der Waals surface area contributed by atoms with Crippen LogP contribution >= 0.6 is 0 Å². The quantitative estimate of drug-likeness (QED) is 0.612. The van der Waals surface area contributed by atoms with E-state index in [0.717, 1.165) is 38.8 Å². The fraction of sp³-hybridized carbons (Fsp3) is 0.750. The Bertz CT molecular complexity index is 293. The fourth-order valence-electron chi connectivity index (χ4n) is 2.68. The van der Waals surface area contributed by atoms with Crippen molar-refractivity contribution >= 4 is 0 Å². The minimum Gasteiger partial charge on any atom is -0.333 e.